The van der Waals surface area contributed by atoms with E-state index in [-0.39, 0.29) is 18.8 Å². The van der Waals surface area contributed by atoms with E-state index in [2.05, 4.69) is 0 Å². The average Bonchev–Trinajstić information content (AvgIpc) is 2.94. The highest BCUT2D eigenvalue weighted by Gasteiger charge is 2.46. The molecule has 86 valence electrons. The van der Waals surface area contributed by atoms with E-state index in [1.807, 2.05) is 0 Å². The van der Waals surface area contributed by atoms with E-state index in [0.29, 0.717) is 0 Å². The number of hydrogen-bond donors (Lipinski definition) is 1. The molecule has 2 aliphatic carbocycles. The molecule has 0 aromatic carbocycles. The van der Waals surface area contributed by atoms with Gasteiger partial charge in [-0.05, 0) is 12.8 Å². The Morgan fingerprint density at radius 3 is 2.20 bits per heavy atom. The summed E-state index contributed by atoms with van der Waals surface area (Å²) in [7, 11) is 0. The number of carbonyl (C=O) groups excluding carboxylic acids is 1. The first-order valence-electron chi connectivity index (χ1n) is 5.23. The van der Waals surface area contributed by atoms with Gasteiger partial charge in [-0.2, -0.15) is 0 Å². The predicted molar refractivity (Wildman–Crippen MR) is 47.2 cm³/mol. The SMILES string of the molecule is O=C(OC1(O)CCC(F)(F)CC1)C1CC1. The molecule has 3 nitrogen and oxygen atoms in total. The van der Waals surface area contributed by atoms with E-state index in [0.717, 1.165) is 12.8 Å². The lowest BCUT2D eigenvalue weighted by molar-refractivity contribution is -0.239. The van der Waals surface area contributed by atoms with E-state index in [4.69, 9.17) is 4.74 Å². The Bertz CT molecular complexity index is 264. The summed E-state index contributed by atoms with van der Waals surface area (Å²) in [5, 5.41) is 9.77. The molecule has 5 heteroatoms. The normalized spacial score (nSPS) is 28.5. The summed E-state index contributed by atoms with van der Waals surface area (Å²) in [4.78, 5) is 11.3. The van der Waals surface area contributed by atoms with Gasteiger partial charge in [0, 0.05) is 25.7 Å². The second-order valence-corrected chi connectivity index (χ2v) is 4.50. The van der Waals surface area contributed by atoms with Crippen molar-refractivity contribution in [3.63, 3.8) is 0 Å². The first-order chi connectivity index (χ1) is 6.90. The molecule has 0 bridgehead atoms. The maximum absolute atomic E-state index is 12.8. The molecule has 2 aliphatic rings. The Hall–Kier alpha value is -0.710. The number of ether oxygens (including phenoxy) is 1. The van der Waals surface area contributed by atoms with Crippen LogP contribution in [0.1, 0.15) is 38.5 Å². The van der Waals surface area contributed by atoms with Crippen molar-refractivity contribution in [3.05, 3.63) is 0 Å². The summed E-state index contributed by atoms with van der Waals surface area (Å²) in [6.45, 7) is 0. The minimum atomic E-state index is -2.72. The standard InChI is InChI=1S/C10H14F2O3/c11-9(12)3-5-10(14,6-4-9)15-8(13)7-1-2-7/h7,14H,1-6H2. The van der Waals surface area contributed by atoms with Crippen LogP contribution in [0.15, 0.2) is 0 Å². The Morgan fingerprint density at radius 2 is 1.73 bits per heavy atom. The number of rotatable bonds is 2. The van der Waals surface area contributed by atoms with Crippen LogP contribution in [-0.4, -0.2) is 22.8 Å². The third-order valence-corrected chi connectivity index (χ3v) is 2.96. The van der Waals surface area contributed by atoms with E-state index >= 15 is 0 Å². The van der Waals surface area contributed by atoms with Crippen molar-refractivity contribution in [3.8, 4) is 0 Å². The van der Waals surface area contributed by atoms with Gasteiger partial charge in [0.1, 0.15) is 0 Å². The zero-order chi connectivity index (χ0) is 11.1. The molecule has 0 aliphatic heterocycles. The fraction of sp³-hybridized carbons (Fsp3) is 0.900. The van der Waals surface area contributed by atoms with Crippen LogP contribution >= 0.6 is 0 Å². The molecular weight excluding hydrogens is 206 g/mol. The fourth-order valence-corrected chi connectivity index (χ4v) is 1.70. The number of halogens is 2. The van der Waals surface area contributed by atoms with Crippen molar-refractivity contribution >= 4 is 5.97 Å². The molecule has 2 fully saturated rings. The molecule has 1 N–H and O–H groups in total. The van der Waals surface area contributed by atoms with Gasteiger partial charge in [-0.15, -0.1) is 0 Å². The van der Waals surface area contributed by atoms with Crippen molar-refractivity contribution in [1.82, 2.24) is 0 Å². The van der Waals surface area contributed by atoms with E-state index in [1.165, 1.54) is 0 Å². The molecule has 0 amide bonds. The summed E-state index contributed by atoms with van der Waals surface area (Å²) in [6, 6.07) is 0. The zero-order valence-corrected chi connectivity index (χ0v) is 8.34. The quantitative estimate of drug-likeness (QED) is 0.570. The van der Waals surface area contributed by atoms with E-state index in [9.17, 15) is 18.7 Å². The maximum atomic E-state index is 12.8. The van der Waals surface area contributed by atoms with Crippen LogP contribution in [0.5, 0.6) is 0 Å². The smallest absolute Gasteiger partial charge is 0.311 e. The average molecular weight is 220 g/mol. The van der Waals surface area contributed by atoms with Crippen LogP contribution in [-0.2, 0) is 9.53 Å². The summed E-state index contributed by atoms with van der Waals surface area (Å²) in [5.74, 6) is -4.93. The topological polar surface area (TPSA) is 46.5 Å². The lowest BCUT2D eigenvalue weighted by atomic mass is 9.91. The summed E-state index contributed by atoms with van der Waals surface area (Å²) >= 11 is 0. The maximum Gasteiger partial charge on any atom is 0.311 e. The molecule has 0 aromatic heterocycles. The monoisotopic (exact) mass is 220 g/mol. The fourth-order valence-electron chi connectivity index (χ4n) is 1.70. The van der Waals surface area contributed by atoms with E-state index < -0.39 is 30.5 Å². The minimum absolute atomic E-state index is 0.114. The Labute approximate surface area is 86.4 Å². The van der Waals surface area contributed by atoms with Gasteiger partial charge in [0.25, 0.3) is 0 Å². The van der Waals surface area contributed by atoms with Crippen LogP contribution < -0.4 is 0 Å². The van der Waals surface area contributed by atoms with Gasteiger partial charge in [0.05, 0.1) is 5.92 Å². The summed E-state index contributed by atoms with van der Waals surface area (Å²) in [5.41, 5.74) is 0. The predicted octanol–water partition coefficient (Wildman–Crippen LogP) is 1.84. The molecule has 0 unspecified atom stereocenters. The molecule has 0 atom stereocenters. The van der Waals surface area contributed by atoms with Crippen LogP contribution in [0.25, 0.3) is 0 Å². The molecule has 2 saturated carbocycles. The second-order valence-electron chi connectivity index (χ2n) is 4.50. The number of carbonyl (C=O) groups is 1. The molecule has 2 rings (SSSR count). The summed E-state index contributed by atoms with van der Waals surface area (Å²) in [6.07, 6.45) is 0.399. The van der Waals surface area contributed by atoms with Crippen molar-refractivity contribution in [1.29, 1.82) is 0 Å². The molecule has 0 saturated heterocycles. The van der Waals surface area contributed by atoms with Gasteiger partial charge in [-0.1, -0.05) is 0 Å². The van der Waals surface area contributed by atoms with Gasteiger partial charge < -0.3 is 9.84 Å². The minimum Gasteiger partial charge on any atom is -0.433 e. The van der Waals surface area contributed by atoms with E-state index in [1.54, 1.807) is 0 Å². The third-order valence-electron chi connectivity index (χ3n) is 2.96. The highest BCUT2D eigenvalue weighted by molar-refractivity contribution is 5.75. The van der Waals surface area contributed by atoms with Crippen LogP contribution in [0.4, 0.5) is 8.78 Å². The summed E-state index contributed by atoms with van der Waals surface area (Å²) < 4.78 is 30.5. The second kappa shape index (κ2) is 3.40. The van der Waals surface area contributed by atoms with Crippen molar-refractivity contribution < 1.29 is 23.4 Å². The number of esters is 1. The van der Waals surface area contributed by atoms with Crippen LogP contribution in [0.2, 0.25) is 0 Å². The van der Waals surface area contributed by atoms with Crippen molar-refractivity contribution in [2.45, 2.75) is 50.2 Å². The van der Waals surface area contributed by atoms with Gasteiger partial charge in [-0.3, -0.25) is 4.79 Å². The highest BCUT2D eigenvalue weighted by Crippen LogP contribution is 2.40. The largest absolute Gasteiger partial charge is 0.433 e. The lowest BCUT2D eigenvalue weighted by Crippen LogP contribution is -2.42. The van der Waals surface area contributed by atoms with Crippen LogP contribution in [0, 0.1) is 5.92 Å². The van der Waals surface area contributed by atoms with Gasteiger partial charge >= 0.3 is 5.97 Å². The first kappa shape index (κ1) is 10.8. The van der Waals surface area contributed by atoms with Gasteiger partial charge in [-0.25, -0.2) is 8.78 Å². The number of alkyl halides is 2. The molecule has 0 radical (unpaired) electrons. The molecule has 0 heterocycles. The Morgan fingerprint density at radius 1 is 1.20 bits per heavy atom. The highest BCUT2D eigenvalue weighted by atomic mass is 19.3. The molecular formula is C10H14F2O3. The Kier molecular flexibility index (Phi) is 2.45. The van der Waals surface area contributed by atoms with Crippen LogP contribution in [0.3, 0.4) is 0 Å². The van der Waals surface area contributed by atoms with Gasteiger partial charge in [0.2, 0.25) is 11.7 Å². The van der Waals surface area contributed by atoms with Gasteiger partial charge in [0.15, 0.2) is 0 Å². The number of hydrogen-bond acceptors (Lipinski definition) is 3. The molecule has 15 heavy (non-hydrogen) atoms. The zero-order valence-electron chi connectivity index (χ0n) is 8.34. The molecule has 0 spiro atoms. The first-order valence-corrected chi connectivity index (χ1v) is 5.23. The number of aliphatic hydroxyl groups is 1. The third kappa shape index (κ3) is 2.65. The van der Waals surface area contributed by atoms with Crippen molar-refractivity contribution in [2.24, 2.45) is 5.92 Å². The van der Waals surface area contributed by atoms with Crippen molar-refractivity contribution in [2.75, 3.05) is 0 Å². The lowest BCUT2D eigenvalue weighted by Gasteiger charge is -2.35. The Balaban J connectivity index is 1.88. The molecule has 0 aromatic rings.